The Morgan fingerprint density at radius 1 is 1.31 bits per heavy atom. The first-order chi connectivity index (χ1) is 7.72. The fourth-order valence-corrected chi connectivity index (χ4v) is 3.04. The van der Waals surface area contributed by atoms with E-state index in [1.54, 1.807) is 11.1 Å². The SMILES string of the molecule is CCCc1ccc2c(c1)CCCC2C(C)C. The molecule has 1 aromatic rings. The molecule has 0 heterocycles. The van der Waals surface area contributed by atoms with Gasteiger partial charge < -0.3 is 0 Å². The molecular weight excluding hydrogens is 192 g/mol. The summed E-state index contributed by atoms with van der Waals surface area (Å²) in [4.78, 5) is 0. The topological polar surface area (TPSA) is 0 Å². The summed E-state index contributed by atoms with van der Waals surface area (Å²) in [6.07, 6.45) is 6.56. The van der Waals surface area contributed by atoms with E-state index >= 15 is 0 Å². The Labute approximate surface area is 100 Å². The highest BCUT2D eigenvalue weighted by molar-refractivity contribution is 5.36. The predicted octanol–water partition coefficient (Wildman–Crippen LogP) is 4.72. The van der Waals surface area contributed by atoms with E-state index in [1.807, 2.05) is 0 Å². The lowest BCUT2D eigenvalue weighted by molar-refractivity contribution is 0.433. The quantitative estimate of drug-likeness (QED) is 0.686. The van der Waals surface area contributed by atoms with E-state index in [0.29, 0.717) is 0 Å². The maximum atomic E-state index is 2.47. The second-order valence-corrected chi connectivity index (χ2v) is 5.53. The predicted molar refractivity (Wildman–Crippen MR) is 71.0 cm³/mol. The van der Waals surface area contributed by atoms with Crippen molar-refractivity contribution < 1.29 is 0 Å². The van der Waals surface area contributed by atoms with Gasteiger partial charge in [-0.2, -0.15) is 0 Å². The highest BCUT2D eigenvalue weighted by Gasteiger charge is 2.22. The van der Waals surface area contributed by atoms with Crippen LogP contribution in [-0.4, -0.2) is 0 Å². The normalized spacial score (nSPS) is 19.9. The summed E-state index contributed by atoms with van der Waals surface area (Å²) < 4.78 is 0. The van der Waals surface area contributed by atoms with Crippen LogP contribution in [0, 0.1) is 5.92 Å². The van der Waals surface area contributed by atoms with Gasteiger partial charge in [-0.3, -0.25) is 0 Å². The lowest BCUT2D eigenvalue weighted by Crippen LogP contribution is -2.14. The molecule has 1 unspecified atom stereocenters. The molecule has 1 aliphatic rings. The van der Waals surface area contributed by atoms with Gasteiger partial charge in [0.2, 0.25) is 0 Å². The minimum absolute atomic E-state index is 0.788. The summed E-state index contributed by atoms with van der Waals surface area (Å²) in [5.74, 6) is 1.59. The maximum Gasteiger partial charge on any atom is -0.0136 e. The molecule has 0 nitrogen and oxygen atoms in total. The van der Waals surface area contributed by atoms with Gasteiger partial charge in [-0.15, -0.1) is 0 Å². The smallest absolute Gasteiger partial charge is 0.0136 e. The molecule has 0 bridgehead atoms. The third kappa shape index (κ3) is 2.31. The second-order valence-electron chi connectivity index (χ2n) is 5.53. The van der Waals surface area contributed by atoms with Crippen molar-refractivity contribution in [3.05, 3.63) is 34.9 Å². The molecule has 1 aromatic carbocycles. The fraction of sp³-hybridized carbons (Fsp3) is 0.625. The lowest BCUT2D eigenvalue weighted by atomic mass is 9.76. The molecule has 88 valence electrons. The monoisotopic (exact) mass is 216 g/mol. The number of rotatable bonds is 3. The standard InChI is InChI=1S/C16H24/c1-4-6-13-9-10-16-14(11-13)7-5-8-15(16)12(2)3/h9-12,15H,4-8H2,1-3H3. The van der Waals surface area contributed by atoms with Crippen molar-refractivity contribution in [3.63, 3.8) is 0 Å². The van der Waals surface area contributed by atoms with Crippen LogP contribution in [0.2, 0.25) is 0 Å². The third-order valence-electron chi connectivity index (χ3n) is 3.91. The molecule has 0 saturated heterocycles. The van der Waals surface area contributed by atoms with E-state index in [0.717, 1.165) is 11.8 Å². The molecule has 0 spiro atoms. The molecule has 0 amide bonds. The fourth-order valence-electron chi connectivity index (χ4n) is 3.04. The molecule has 0 heteroatoms. The summed E-state index contributed by atoms with van der Waals surface area (Å²) in [5, 5.41) is 0. The average Bonchev–Trinajstić information content (AvgIpc) is 2.28. The van der Waals surface area contributed by atoms with Crippen LogP contribution >= 0.6 is 0 Å². The molecule has 0 saturated carbocycles. The van der Waals surface area contributed by atoms with Gasteiger partial charge in [-0.25, -0.2) is 0 Å². The number of benzene rings is 1. The Hall–Kier alpha value is -0.780. The van der Waals surface area contributed by atoms with Crippen molar-refractivity contribution in [1.82, 2.24) is 0 Å². The van der Waals surface area contributed by atoms with Crippen molar-refractivity contribution in [2.45, 2.75) is 58.8 Å². The number of hydrogen-bond acceptors (Lipinski definition) is 0. The summed E-state index contributed by atoms with van der Waals surface area (Å²) >= 11 is 0. The van der Waals surface area contributed by atoms with Gasteiger partial charge in [0.05, 0.1) is 0 Å². The molecule has 0 aliphatic heterocycles. The Kier molecular flexibility index (Phi) is 3.68. The van der Waals surface area contributed by atoms with Gasteiger partial charge in [-0.05, 0) is 54.2 Å². The zero-order valence-electron chi connectivity index (χ0n) is 10.9. The first-order valence-electron chi connectivity index (χ1n) is 6.84. The van der Waals surface area contributed by atoms with E-state index in [-0.39, 0.29) is 0 Å². The van der Waals surface area contributed by atoms with Crippen LogP contribution in [0.1, 0.15) is 62.6 Å². The van der Waals surface area contributed by atoms with E-state index in [9.17, 15) is 0 Å². The summed E-state index contributed by atoms with van der Waals surface area (Å²) in [6.45, 7) is 6.98. The lowest BCUT2D eigenvalue weighted by Gasteiger charge is -2.29. The van der Waals surface area contributed by atoms with Gasteiger partial charge in [0.25, 0.3) is 0 Å². The highest BCUT2D eigenvalue weighted by Crippen LogP contribution is 2.37. The van der Waals surface area contributed by atoms with Crippen molar-refractivity contribution in [2.75, 3.05) is 0 Å². The van der Waals surface area contributed by atoms with Crippen LogP contribution in [0.3, 0.4) is 0 Å². The van der Waals surface area contributed by atoms with Gasteiger partial charge >= 0.3 is 0 Å². The minimum Gasteiger partial charge on any atom is -0.0651 e. The summed E-state index contributed by atoms with van der Waals surface area (Å²) in [7, 11) is 0. The molecule has 16 heavy (non-hydrogen) atoms. The molecule has 0 radical (unpaired) electrons. The van der Waals surface area contributed by atoms with Gasteiger partial charge in [0, 0.05) is 0 Å². The van der Waals surface area contributed by atoms with Crippen molar-refractivity contribution in [3.8, 4) is 0 Å². The van der Waals surface area contributed by atoms with Crippen molar-refractivity contribution >= 4 is 0 Å². The minimum atomic E-state index is 0.788. The van der Waals surface area contributed by atoms with Gasteiger partial charge in [-0.1, -0.05) is 45.4 Å². The molecule has 1 atom stereocenters. The summed E-state index contributed by atoms with van der Waals surface area (Å²) in [5.41, 5.74) is 4.81. The molecule has 0 fully saturated rings. The van der Waals surface area contributed by atoms with Crippen LogP contribution in [0.4, 0.5) is 0 Å². The average molecular weight is 216 g/mol. The number of fused-ring (bicyclic) bond motifs is 1. The van der Waals surface area contributed by atoms with Gasteiger partial charge in [0.15, 0.2) is 0 Å². The van der Waals surface area contributed by atoms with Crippen LogP contribution in [-0.2, 0) is 12.8 Å². The number of aryl methyl sites for hydroxylation is 2. The van der Waals surface area contributed by atoms with Crippen LogP contribution in [0.5, 0.6) is 0 Å². The maximum absolute atomic E-state index is 2.47. The Balaban J connectivity index is 2.29. The van der Waals surface area contributed by atoms with E-state index in [1.165, 1.54) is 37.7 Å². The first kappa shape index (κ1) is 11.7. The van der Waals surface area contributed by atoms with E-state index in [2.05, 4.69) is 39.0 Å². The Morgan fingerprint density at radius 2 is 2.12 bits per heavy atom. The largest absolute Gasteiger partial charge is 0.0651 e. The zero-order chi connectivity index (χ0) is 11.5. The third-order valence-corrected chi connectivity index (χ3v) is 3.91. The molecule has 2 rings (SSSR count). The van der Waals surface area contributed by atoms with Crippen molar-refractivity contribution in [1.29, 1.82) is 0 Å². The molecular formula is C16H24. The van der Waals surface area contributed by atoms with E-state index < -0.39 is 0 Å². The van der Waals surface area contributed by atoms with Crippen LogP contribution < -0.4 is 0 Å². The number of hydrogen-bond donors (Lipinski definition) is 0. The van der Waals surface area contributed by atoms with E-state index in [4.69, 9.17) is 0 Å². The molecule has 0 N–H and O–H groups in total. The summed E-state index contributed by atoms with van der Waals surface area (Å²) in [6, 6.07) is 7.22. The second kappa shape index (κ2) is 5.03. The Morgan fingerprint density at radius 3 is 2.81 bits per heavy atom. The van der Waals surface area contributed by atoms with Gasteiger partial charge in [0.1, 0.15) is 0 Å². The van der Waals surface area contributed by atoms with Crippen molar-refractivity contribution in [2.24, 2.45) is 5.92 Å². The van der Waals surface area contributed by atoms with Crippen LogP contribution in [0.15, 0.2) is 18.2 Å². The van der Waals surface area contributed by atoms with Crippen LogP contribution in [0.25, 0.3) is 0 Å². The first-order valence-corrected chi connectivity index (χ1v) is 6.84. The Bertz CT molecular complexity index is 349. The molecule has 0 aromatic heterocycles. The zero-order valence-corrected chi connectivity index (χ0v) is 10.9. The highest BCUT2D eigenvalue weighted by atomic mass is 14.3. The molecule has 1 aliphatic carbocycles.